The minimum atomic E-state index is -1.42. The third-order valence-electron chi connectivity index (χ3n) is 4.71. The third-order valence-corrected chi connectivity index (χ3v) is 5.69. The van der Waals surface area contributed by atoms with Crippen molar-refractivity contribution in [2.75, 3.05) is 30.0 Å². The number of carbonyl (C=O) groups excluding carboxylic acids is 2. The number of aromatic amines is 1. The second kappa shape index (κ2) is 11.4. The maximum Gasteiger partial charge on any atom is 0.339 e. The van der Waals surface area contributed by atoms with Gasteiger partial charge < -0.3 is 15.4 Å². The molecule has 0 aliphatic rings. The summed E-state index contributed by atoms with van der Waals surface area (Å²) in [5.74, 6) is -1.60. The van der Waals surface area contributed by atoms with Crippen LogP contribution >= 0.6 is 0 Å². The van der Waals surface area contributed by atoms with Gasteiger partial charge in [0.2, 0.25) is 0 Å². The molecule has 3 N–H and O–H groups in total. The Morgan fingerprint density at radius 3 is 2.50 bits per heavy atom. The lowest BCUT2D eigenvalue weighted by molar-refractivity contribution is -0.121. The molecule has 1 aromatic carbocycles. The van der Waals surface area contributed by atoms with Crippen molar-refractivity contribution in [2.45, 2.75) is 44.6 Å². The molecule has 0 aliphatic carbocycles. The fraction of sp³-hybridized carbons (Fsp3) is 0.429. The number of nitrogens with zero attached hydrogens (tertiary/aromatic N) is 2. The second-order valence-corrected chi connectivity index (χ2v) is 8.42. The van der Waals surface area contributed by atoms with Crippen molar-refractivity contribution in [1.29, 1.82) is 0 Å². The number of H-pyrrole nitrogens is 1. The summed E-state index contributed by atoms with van der Waals surface area (Å²) in [6.07, 6.45) is 3.31. The van der Waals surface area contributed by atoms with Crippen LogP contribution in [0.25, 0.3) is 0 Å². The molecule has 0 saturated heterocycles. The molecule has 0 spiro atoms. The Morgan fingerprint density at radius 2 is 1.88 bits per heavy atom. The number of ether oxygens (including phenoxy) is 1. The highest BCUT2D eigenvalue weighted by Gasteiger charge is 2.25. The summed E-state index contributed by atoms with van der Waals surface area (Å²) < 4.78 is 18.2. The quantitative estimate of drug-likeness (QED) is 0.504. The van der Waals surface area contributed by atoms with E-state index in [9.17, 15) is 23.4 Å². The smallest absolute Gasteiger partial charge is 0.339 e. The number of carbonyl (C=O) groups is 2. The summed E-state index contributed by atoms with van der Waals surface area (Å²) in [5.41, 5.74) is 4.59. The van der Waals surface area contributed by atoms with Crippen molar-refractivity contribution in [3.05, 3.63) is 50.7 Å². The van der Waals surface area contributed by atoms with E-state index in [2.05, 4.69) is 4.98 Å². The molecule has 0 bridgehead atoms. The van der Waals surface area contributed by atoms with Crippen molar-refractivity contribution < 1.29 is 18.5 Å². The zero-order valence-corrected chi connectivity index (χ0v) is 19.2. The van der Waals surface area contributed by atoms with Gasteiger partial charge in [-0.2, -0.15) is 0 Å². The number of esters is 1. The van der Waals surface area contributed by atoms with Gasteiger partial charge in [-0.1, -0.05) is 32.4 Å². The van der Waals surface area contributed by atoms with Crippen molar-refractivity contribution in [3.63, 3.8) is 0 Å². The van der Waals surface area contributed by atoms with Gasteiger partial charge in [0.05, 0.1) is 21.3 Å². The van der Waals surface area contributed by atoms with E-state index >= 15 is 0 Å². The zero-order chi connectivity index (χ0) is 23.8. The number of aromatic nitrogens is 2. The highest BCUT2D eigenvalue weighted by atomic mass is 32.2. The minimum absolute atomic E-state index is 0.0927. The fourth-order valence-corrected chi connectivity index (χ4v) is 3.86. The first-order valence-corrected chi connectivity index (χ1v) is 11.8. The summed E-state index contributed by atoms with van der Waals surface area (Å²) >= 11 is 0. The molecule has 1 atom stereocenters. The molecule has 11 heteroatoms. The lowest BCUT2D eigenvalue weighted by Gasteiger charge is -2.24. The van der Waals surface area contributed by atoms with Gasteiger partial charge in [-0.05, 0) is 25.0 Å². The summed E-state index contributed by atoms with van der Waals surface area (Å²) in [6.45, 7) is 3.52. The van der Waals surface area contributed by atoms with Crippen molar-refractivity contribution in [1.82, 2.24) is 9.55 Å². The fourth-order valence-electron chi connectivity index (χ4n) is 3.13. The average Bonchev–Trinajstić information content (AvgIpc) is 2.76. The van der Waals surface area contributed by atoms with Crippen LogP contribution in [-0.2, 0) is 26.9 Å². The normalized spacial score (nSPS) is 11.7. The molecular weight excluding hydrogens is 436 g/mol. The molecule has 174 valence electrons. The molecule has 1 aromatic heterocycles. The summed E-state index contributed by atoms with van der Waals surface area (Å²) in [4.78, 5) is 53.7. The number of benzene rings is 1. The molecule has 2 aromatic rings. The molecule has 10 nitrogen and oxygen atoms in total. The Kier molecular flexibility index (Phi) is 8.94. The minimum Gasteiger partial charge on any atom is -0.452 e. The molecule has 0 saturated carbocycles. The van der Waals surface area contributed by atoms with Crippen LogP contribution in [0.15, 0.2) is 38.8 Å². The molecule has 0 aliphatic heterocycles. The Hall–Kier alpha value is -3.21. The van der Waals surface area contributed by atoms with Gasteiger partial charge in [-0.25, -0.2) is 9.59 Å². The van der Waals surface area contributed by atoms with Gasteiger partial charge in [0.15, 0.2) is 12.3 Å². The Balaban J connectivity index is 2.33. The Morgan fingerprint density at radius 1 is 1.19 bits per heavy atom. The molecule has 0 radical (unpaired) electrons. The van der Waals surface area contributed by atoms with E-state index in [1.807, 2.05) is 13.8 Å². The van der Waals surface area contributed by atoms with E-state index in [0.717, 1.165) is 11.3 Å². The van der Waals surface area contributed by atoms with E-state index in [0.29, 0.717) is 17.7 Å². The first kappa shape index (κ1) is 25.1. The molecule has 1 amide bonds. The van der Waals surface area contributed by atoms with Gasteiger partial charge in [0, 0.05) is 19.3 Å². The second-order valence-electron chi connectivity index (χ2n) is 7.07. The average molecular weight is 465 g/mol. The van der Waals surface area contributed by atoms with E-state index in [1.165, 1.54) is 16.9 Å². The molecule has 32 heavy (non-hydrogen) atoms. The number of nitrogens with two attached hydrogens (primary N) is 1. The van der Waals surface area contributed by atoms with Crippen LogP contribution in [0.1, 0.15) is 43.5 Å². The van der Waals surface area contributed by atoms with Crippen LogP contribution < -0.4 is 21.9 Å². The largest absolute Gasteiger partial charge is 0.452 e. The van der Waals surface area contributed by atoms with Gasteiger partial charge in [0.1, 0.15) is 5.82 Å². The first-order chi connectivity index (χ1) is 15.2. The number of hydrogen-bond acceptors (Lipinski definition) is 7. The van der Waals surface area contributed by atoms with Gasteiger partial charge in [-0.15, -0.1) is 0 Å². The van der Waals surface area contributed by atoms with Gasteiger partial charge in [-0.3, -0.25) is 23.3 Å². The highest BCUT2D eigenvalue weighted by molar-refractivity contribution is 7.84. The lowest BCUT2D eigenvalue weighted by Crippen LogP contribution is -2.43. The highest BCUT2D eigenvalue weighted by Crippen LogP contribution is 2.19. The zero-order valence-electron chi connectivity index (χ0n) is 18.4. The standard InChI is InChI=1S/C21H28N4O6S/c1-4-6-12-24(17-18(22)25(11-5-2)21(29)23-19(17)27)16(26)13-31-20(28)14-9-7-8-10-15(14)32(3)30/h7-10H,4-6,11-13,22H2,1-3H3,(H,23,27,29). The number of amides is 1. The van der Waals surface area contributed by atoms with Crippen molar-refractivity contribution in [3.8, 4) is 0 Å². The number of anilines is 2. The topological polar surface area (TPSA) is 145 Å². The number of nitrogens with one attached hydrogen (secondary N) is 1. The number of rotatable bonds is 10. The van der Waals surface area contributed by atoms with Crippen LogP contribution in [-0.4, -0.2) is 45.0 Å². The lowest BCUT2D eigenvalue weighted by atomic mass is 10.2. The predicted octanol–water partition coefficient (Wildman–Crippen LogP) is 1.26. The maximum absolute atomic E-state index is 13.0. The van der Waals surface area contributed by atoms with Crippen LogP contribution in [0.4, 0.5) is 11.5 Å². The van der Waals surface area contributed by atoms with Gasteiger partial charge >= 0.3 is 11.7 Å². The van der Waals surface area contributed by atoms with Crippen LogP contribution in [0.2, 0.25) is 0 Å². The predicted molar refractivity (Wildman–Crippen MR) is 122 cm³/mol. The Labute approximate surface area is 187 Å². The van der Waals surface area contributed by atoms with Gasteiger partial charge in [0.25, 0.3) is 11.5 Å². The maximum atomic E-state index is 13.0. The number of nitrogen functional groups attached to an aromatic ring is 1. The van der Waals surface area contributed by atoms with Crippen LogP contribution in [0.3, 0.4) is 0 Å². The van der Waals surface area contributed by atoms with Crippen LogP contribution in [0.5, 0.6) is 0 Å². The van der Waals surface area contributed by atoms with Crippen molar-refractivity contribution >= 4 is 34.2 Å². The van der Waals surface area contributed by atoms with Crippen molar-refractivity contribution in [2.24, 2.45) is 0 Å². The summed E-state index contributed by atoms with van der Waals surface area (Å²) in [5, 5.41) is 0. The third kappa shape index (κ3) is 5.72. The van der Waals surface area contributed by atoms with Crippen LogP contribution in [0, 0.1) is 0 Å². The van der Waals surface area contributed by atoms with E-state index in [4.69, 9.17) is 10.5 Å². The molecule has 0 fully saturated rings. The van der Waals surface area contributed by atoms with E-state index < -0.39 is 40.5 Å². The summed E-state index contributed by atoms with van der Waals surface area (Å²) in [7, 11) is -1.42. The molecule has 1 unspecified atom stereocenters. The Bertz CT molecular complexity index is 1120. The molecule has 2 rings (SSSR count). The number of hydrogen-bond donors (Lipinski definition) is 2. The summed E-state index contributed by atoms with van der Waals surface area (Å²) in [6, 6.07) is 6.24. The molecular formula is C21H28N4O6S. The first-order valence-electron chi connectivity index (χ1n) is 10.2. The monoisotopic (exact) mass is 464 g/mol. The van der Waals surface area contributed by atoms with E-state index in [-0.39, 0.29) is 30.2 Å². The van der Waals surface area contributed by atoms with E-state index in [1.54, 1.807) is 18.2 Å². The SMILES string of the molecule is CCCCN(C(=O)COC(=O)c1ccccc1S(C)=O)c1c(N)n(CCC)c(=O)[nH]c1=O. The number of unbranched alkanes of at least 4 members (excludes halogenated alkanes) is 1. The molecule has 1 heterocycles.